The summed E-state index contributed by atoms with van der Waals surface area (Å²) in [7, 11) is 1.58. The average Bonchev–Trinajstić information content (AvgIpc) is 3.38. The molecule has 10 heteroatoms. The summed E-state index contributed by atoms with van der Waals surface area (Å²) < 4.78 is 22.5. The third kappa shape index (κ3) is 4.64. The first-order valence-corrected chi connectivity index (χ1v) is 11.6. The molecule has 2 aromatic carbocycles. The number of carbonyl (C=O) groups is 1. The molecular formula is C25H27N5O5. The van der Waals surface area contributed by atoms with Crippen molar-refractivity contribution in [3.05, 3.63) is 53.9 Å². The number of hydrogen-bond donors (Lipinski definition) is 2. The molecule has 1 fully saturated rings. The van der Waals surface area contributed by atoms with Gasteiger partial charge in [0.05, 0.1) is 18.2 Å². The van der Waals surface area contributed by atoms with Gasteiger partial charge in [-0.1, -0.05) is 31.0 Å². The lowest BCUT2D eigenvalue weighted by Crippen LogP contribution is -2.35. The average molecular weight is 478 g/mol. The van der Waals surface area contributed by atoms with E-state index in [0.717, 1.165) is 18.4 Å². The molecule has 0 atom stereocenters. The van der Waals surface area contributed by atoms with Gasteiger partial charge in [-0.15, -0.1) is 0 Å². The number of nitrogens with zero attached hydrogens (tertiary/aromatic N) is 3. The minimum Gasteiger partial charge on any atom is -0.495 e. The van der Waals surface area contributed by atoms with Crippen molar-refractivity contribution in [1.82, 2.24) is 15.0 Å². The topological polar surface area (TPSA) is 131 Å². The van der Waals surface area contributed by atoms with Crippen LogP contribution in [-0.4, -0.2) is 41.2 Å². The van der Waals surface area contributed by atoms with Crippen LogP contribution in [0.15, 0.2) is 42.5 Å². The van der Waals surface area contributed by atoms with Crippen LogP contribution in [0.2, 0.25) is 0 Å². The second-order valence-corrected chi connectivity index (χ2v) is 8.48. The molecule has 10 nitrogen and oxygen atoms in total. The van der Waals surface area contributed by atoms with Gasteiger partial charge >= 0.3 is 5.97 Å². The summed E-state index contributed by atoms with van der Waals surface area (Å²) in [4.78, 5) is 26.1. The van der Waals surface area contributed by atoms with Gasteiger partial charge in [-0.05, 0) is 42.7 Å². The Morgan fingerprint density at radius 3 is 2.63 bits per heavy atom. The smallest absolute Gasteiger partial charge is 0.317 e. The highest BCUT2D eigenvalue weighted by atomic mass is 16.6. The molecule has 0 amide bonds. The largest absolute Gasteiger partial charge is 0.495 e. The van der Waals surface area contributed by atoms with Gasteiger partial charge < -0.3 is 30.0 Å². The van der Waals surface area contributed by atoms with Crippen molar-refractivity contribution in [1.29, 1.82) is 0 Å². The van der Waals surface area contributed by atoms with Crippen molar-refractivity contribution in [2.24, 2.45) is 0 Å². The van der Waals surface area contributed by atoms with E-state index in [-0.39, 0.29) is 30.3 Å². The zero-order valence-corrected chi connectivity index (χ0v) is 19.5. The van der Waals surface area contributed by atoms with Gasteiger partial charge in [0, 0.05) is 0 Å². The molecule has 1 aromatic heterocycles. The van der Waals surface area contributed by atoms with Crippen LogP contribution in [0.1, 0.15) is 37.1 Å². The van der Waals surface area contributed by atoms with Gasteiger partial charge in [-0.25, -0.2) is 0 Å². The van der Waals surface area contributed by atoms with Crippen LogP contribution in [-0.2, 0) is 21.6 Å². The summed E-state index contributed by atoms with van der Waals surface area (Å²) in [5.74, 6) is 2.16. The first kappa shape index (κ1) is 22.7. The van der Waals surface area contributed by atoms with Crippen molar-refractivity contribution in [3.8, 4) is 17.2 Å². The molecule has 5 rings (SSSR count). The van der Waals surface area contributed by atoms with E-state index in [4.69, 9.17) is 24.7 Å². The normalized spacial score (nSPS) is 15.9. The van der Waals surface area contributed by atoms with Gasteiger partial charge in [0.2, 0.25) is 11.9 Å². The first-order chi connectivity index (χ1) is 17.1. The lowest BCUT2D eigenvalue weighted by molar-refractivity contribution is -0.152. The van der Waals surface area contributed by atoms with E-state index < -0.39 is 5.41 Å². The highest BCUT2D eigenvalue weighted by Gasteiger charge is 2.45. The van der Waals surface area contributed by atoms with Gasteiger partial charge in [0.1, 0.15) is 19.0 Å². The van der Waals surface area contributed by atoms with Crippen molar-refractivity contribution in [3.63, 3.8) is 0 Å². The molecule has 0 bridgehead atoms. The number of carbonyl (C=O) groups excluding carboxylic acids is 1. The van der Waals surface area contributed by atoms with Crippen molar-refractivity contribution in [2.75, 3.05) is 31.4 Å². The zero-order chi connectivity index (χ0) is 24.3. The van der Waals surface area contributed by atoms with Gasteiger partial charge in [-0.2, -0.15) is 15.0 Å². The number of para-hydroxylation sites is 2. The Kier molecular flexibility index (Phi) is 6.26. The number of nitrogen functional groups attached to an aromatic ring is 1. The lowest BCUT2D eigenvalue weighted by Gasteiger charge is -2.28. The Morgan fingerprint density at radius 1 is 1.06 bits per heavy atom. The monoisotopic (exact) mass is 477 g/mol. The molecule has 0 radical (unpaired) electrons. The van der Waals surface area contributed by atoms with Crippen molar-refractivity contribution >= 4 is 23.6 Å². The number of esters is 1. The Morgan fingerprint density at radius 2 is 1.83 bits per heavy atom. The number of anilines is 3. The highest BCUT2D eigenvalue weighted by molar-refractivity contribution is 5.84. The zero-order valence-electron chi connectivity index (χ0n) is 19.5. The molecule has 2 heterocycles. The molecule has 3 aromatic rings. The number of methoxy groups -OCH3 is 1. The number of nitrogens with two attached hydrogens (primary N) is 1. The SMILES string of the molecule is COc1ccccc1Nc1nc(N)nc(COC(=O)C2(c3ccc4c(c3)OCCO4)CCCC2)n1. The van der Waals surface area contributed by atoms with E-state index in [1.165, 1.54) is 0 Å². The number of ether oxygens (including phenoxy) is 4. The summed E-state index contributed by atoms with van der Waals surface area (Å²) in [5.41, 5.74) is 6.70. The molecule has 0 saturated heterocycles. The summed E-state index contributed by atoms with van der Waals surface area (Å²) >= 11 is 0. The third-order valence-electron chi connectivity index (χ3n) is 6.33. The number of aromatic nitrogens is 3. The van der Waals surface area contributed by atoms with Crippen LogP contribution in [0.5, 0.6) is 17.2 Å². The maximum absolute atomic E-state index is 13.4. The summed E-state index contributed by atoms with van der Waals surface area (Å²) in [6, 6.07) is 13.0. The molecule has 1 saturated carbocycles. The van der Waals surface area contributed by atoms with Crippen LogP contribution < -0.4 is 25.3 Å². The van der Waals surface area contributed by atoms with Crippen molar-refractivity contribution in [2.45, 2.75) is 37.7 Å². The molecule has 35 heavy (non-hydrogen) atoms. The van der Waals surface area contributed by atoms with Crippen LogP contribution in [0.3, 0.4) is 0 Å². The van der Waals surface area contributed by atoms with Crippen molar-refractivity contribution < 1.29 is 23.7 Å². The molecule has 0 unspecified atom stereocenters. The minimum atomic E-state index is -0.743. The van der Waals surface area contributed by atoms with Gasteiger partial charge in [-0.3, -0.25) is 4.79 Å². The summed E-state index contributed by atoms with van der Waals surface area (Å²) in [5, 5.41) is 3.08. The predicted octanol–water partition coefficient (Wildman–Crippen LogP) is 3.53. The number of nitrogens with one attached hydrogen (secondary N) is 1. The first-order valence-electron chi connectivity index (χ1n) is 11.6. The van der Waals surface area contributed by atoms with Crippen LogP contribution in [0.4, 0.5) is 17.6 Å². The Balaban J connectivity index is 1.33. The van der Waals surface area contributed by atoms with E-state index in [1.54, 1.807) is 7.11 Å². The Bertz CT molecular complexity index is 1230. The molecule has 2 aliphatic rings. The Hall–Kier alpha value is -4.08. The number of fused-ring (bicyclic) bond motifs is 1. The van der Waals surface area contributed by atoms with Crippen LogP contribution in [0, 0.1) is 0 Å². The second kappa shape index (κ2) is 9.65. The maximum Gasteiger partial charge on any atom is 0.317 e. The standard InChI is InChI=1S/C25H27N5O5/c1-32-18-7-3-2-6-17(18)27-24-29-21(28-23(26)30-24)15-35-22(31)25(10-4-5-11-25)16-8-9-19-20(14-16)34-13-12-33-19/h2-3,6-9,14H,4-5,10-13,15H2,1H3,(H3,26,27,28,29,30). The predicted molar refractivity (Wildman–Crippen MR) is 128 cm³/mol. The quantitative estimate of drug-likeness (QED) is 0.487. The molecule has 3 N–H and O–H groups in total. The third-order valence-corrected chi connectivity index (χ3v) is 6.33. The number of hydrogen-bond acceptors (Lipinski definition) is 10. The van der Waals surface area contributed by atoms with Crippen LogP contribution >= 0.6 is 0 Å². The van der Waals surface area contributed by atoms with Gasteiger partial charge in [0.15, 0.2) is 23.9 Å². The molecule has 0 spiro atoms. The van der Waals surface area contributed by atoms with E-state index in [2.05, 4.69) is 20.3 Å². The van der Waals surface area contributed by atoms with E-state index in [1.807, 2.05) is 42.5 Å². The molecule has 1 aliphatic carbocycles. The summed E-state index contributed by atoms with van der Waals surface area (Å²) in [6.45, 7) is 0.876. The number of benzene rings is 2. The van der Waals surface area contributed by atoms with E-state index in [0.29, 0.717) is 49.0 Å². The van der Waals surface area contributed by atoms with E-state index >= 15 is 0 Å². The van der Waals surface area contributed by atoms with Gasteiger partial charge in [0.25, 0.3) is 0 Å². The van der Waals surface area contributed by atoms with E-state index in [9.17, 15) is 4.79 Å². The molecule has 1 aliphatic heterocycles. The highest BCUT2D eigenvalue weighted by Crippen LogP contribution is 2.45. The van der Waals surface area contributed by atoms with Crippen LogP contribution in [0.25, 0.3) is 0 Å². The molecular weight excluding hydrogens is 450 g/mol. The fraction of sp³-hybridized carbons (Fsp3) is 0.360. The minimum absolute atomic E-state index is 0.0193. The Labute approximate surface area is 202 Å². The molecule has 182 valence electrons. The fourth-order valence-electron chi connectivity index (χ4n) is 4.63. The lowest BCUT2D eigenvalue weighted by atomic mass is 9.78. The fourth-order valence-corrected chi connectivity index (χ4v) is 4.63. The summed E-state index contributed by atoms with van der Waals surface area (Å²) in [6.07, 6.45) is 3.28. The number of rotatable bonds is 7. The maximum atomic E-state index is 13.4. The second-order valence-electron chi connectivity index (χ2n) is 8.48.